The molecular weight excluding hydrogens is 168 g/mol. The van der Waals surface area contributed by atoms with Crippen LogP contribution in [-0.4, -0.2) is 14.2 Å². The van der Waals surface area contributed by atoms with Crippen molar-refractivity contribution >= 4 is 5.69 Å². The van der Waals surface area contributed by atoms with Crippen LogP contribution in [0.1, 0.15) is 5.56 Å². The van der Waals surface area contributed by atoms with E-state index >= 15 is 0 Å². The van der Waals surface area contributed by atoms with Crippen LogP contribution in [0.15, 0.2) is 17.2 Å². The topological polar surface area (TPSA) is 54.7 Å². The Labute approximate surface area is 77.0 Å². The van der Waals surface area contributed by atoms with E-state index in [2.05, 4.69) is 5.11 Å². The van der Waals surface area contributed by atoms with Crippen LogP contribution in [0.25, 0.3) is 0 Å². The minimum absolute atomic E-state index is 0.545. The number of nitrogens with one attached hydrogen (secondary N) is 1. The highest BCUT2D eigenvalue weighted by atomic mass is 16.5. The maximum absolute atomic E-state index is 6.96. The summed E-state index contributed by atoms with van der Waals surface area (Å²) < 4.78 is 10.1. The maximum atomic E-state index is 6.96. The van der Waals surface area contributed by atoms with Gasteiger partial charge in [0.25, 0.3) is 0 Å². The normalized spacial score (nSPS) is 9.46. The highest BCUT2D eigenvalue weighted by Gasteiger charge is 2.07. The van der Waals surface area contributed by atoms with E-state index < -0.39 is 0 Å². The SMILES string of the molecule is COc1cc(C)c(N=N)c(OC)c1. The Morgan fingerprint density at radius 3 is 2.38 bits per heavy atom. The van der Waals surface area contributed by atoms with Crippen LogP contribution in [-0.2, 0) is 0 Å². The van der Waals surface area contributed by atoms with E-state index in [4.69, 9.17) is 15.0 Å². The van der Waals surface area contributed by atoms with Crippen LogP contribution in [0.4, 0.5) is 5.69 Å². The molecular formula is C9H12N2O2. The summed E-state index contributed by atoms with van der Waals surface area (Å²) in [7, 11) is 3.13. The second-order valence-electron chi connectivity index (χ2n) is 2.61. The summed E-state index contributed by atoms with van der Waals surface area (Å²) in [6, 6.07) is 3.52. The molecule has 0 amide bonds. The second-order valence-corrected chi connectivity index (χ2v) is 2.61. The Morgan fingerprint density at radius 1 is 1.23 bits per heavy atom. The van der Waals surface area contributed by atoms with Gasteiger partial charge in [0.1, 0.15) is 17.2 Å². The maximum Gasteiger partial charge on any atom is 0.150 e. The first-order valence-electron chi connectivity index (χ1n) is 3.83. The molecule has 0 saturated carbocycles. The van der Waals surface area contributed by atoms with Gasteiger partial charge in [0.15, 0.2) is 0 Å². The number of methoxy groups -OCH3 is 2. The molecule has 0 bridgehead atoms. The average Bonchev–Trinajstić information content (AvgIpc) is 2.16. The molecule has 0 aromatic heterocycles. The largest absolute Gasteiger partial charge is 0.497 e. The summed E-state index contributed by atoms with van der Waals surface area (Å²) in [4.78, 5) is 0. The van der Waals surface area contributed by atoms with Crippen LogP contribution < -0.4 is 9.47 Å². The Hall–Kier alpha value is -1.58. The van der Waals surface area contributed by atoms with Gasteiger partial charge < -0.3 is 9.47 Å². The van der Waals surface area contributed by atoms with Gasteiger partial charge in [0.05, 0.1) is 14.2 Å². The van der Waals surface area contributed by atoms with Gasteiger partial charge in [0, 0.05) is 6.07 Å². The van der Waals surface area contributed by atoms with Crippen LogP contribution in [0.5, 0.6) is 11.5 Å². The first-order valence-corrected chi connectivity index (χ1v) is 3.83. The Morgan fingerprint density at radius 2 is 1.92 bits per heavy atom. The number of rotatable bonds is 3. The van der Waals surface area contributed by atoms with Crippen molar-refractivity contribution in [1.82, 2.24) is 0 Å². The van der Waals surface area contributed by atoms with E-state index in [9.17, 15) is 0 Å². The number of ether oxygens (including phenoxy) is 2. The molecule has 1 aromatic rings. The first-order chi connectivity index (χ1) is 6.22. The summed E-state index contributed by atoms with van der Waals surface area (Å²) in [6.45, 7) is 1.86. The van der Waals surface area contributed by atoms with Gasteiger partial charge in [-0.1, -0.05) is 0 Å². The first kappa shape index (κ1) is 9.51. The smallest absolute Gasteiger partial charge is 0.150 e. The minimum Gasteiger partial charge on any atom is -0.497 e. The molecule has 13 heavy (non-hydrogen) atoms. The van der Waals surface area contributed by atoms with Crippen LogP contribution in [0, 0.1) is 12.5 Å². The predicted octanol–water partition coefficient (Wildman–Crippen LogP) is 2.67. The van der Waals surface area contributed by atoms with Gasteiger partial charge in [-0.25, -0.2) is 5.53 Å². The summed E-state index contributed by atoms with van der Waals surface area (Å²) >= 11 is 0. The quantitative estimate of drug-likeness (QED) is 0.727. The highest BCUT2D eigenvalue weighted by molar-refractivity contribution is 5.60. The van der Waals surface area contributed by atoms with E-state index in [0.29, 0.717) is 17.2 Å². The number of benzene rings is 1. The zero-order chi connectivity index (χ0) is 9.84. The van der Waals surface area contributed by atoms with Gasteiger partial charge in [-0.3, -0.25) is 0 Å². The third kappa shape index (κ3) is 1.77. The van der Waals surface area contributed by atoms with Crippen molar-refractivity contribution in [3.8, 4) is 11.5 Å². The lowest BCUT2D eigenvalue weighted by atomic mass is 10.2. The molecule has 1 N–H and O–H groups in total. The van der Waals surface area contributed by atoms with Crippen molar-refractivity contribution in [3.05, 3.63) is 17.7 Å². The summed E-state index contributed by atoms with van der Waals surface area (Å²) in [5.74, 6) is 1.27. The van der Waals surface area contributed by atoms with E-state index in [0.717, 1.165) is 5.56 Å². The van der Waals surface area contributed by atoms with Gasteiger partial charge in [0.2, 0.25) is 0 Å². The van der Waals surface area contributed by atoms with E-state index in [1.165, 1.54) is 0 Å². The zero-order valence-electron chi connectivity index (χ0n) is 7.92. The Kier molecular flexibility index (Phi) is 2.84. The Bertz CT molecular complexity index is 324. The molecule has 0 aliphatic heterocycles. The van der Waals surface area contributed by atoms with Crippen LogP contribution in [0.3, 0.4) is 0 Å². The van der Waals surface area contributed by atoms with Gasteiger partial charge in [-0.05, 0) is 18.6 Å². The highest BCUT2D eigenvalue weighted by Crippen LogP contribution is 2.34. The molecule has 0 heterocycles. The molecule has 1 aromatic carbocycles. The standard InChI is InChI=1S/C9H12N2O2/c1-6-4-7(12-2)5-8(13-3)9(6)11-10/h4-5,10H,1-3H3. The average molecular weight is 180 g/mol. The fraction of sp³-hybridized carbons (Fsp3) is 0.333. The molecule has 70 valence electrons. The lowest BCUT2D eigenvalue weighted by Gasteiger charge is -2.08. The predicted molar refractivity (Wildman–Crippen MR) is 49.1 cm³/mol. The van der Waals surface area contributed by atoms with Crippen LogP contribution in [0.2, 0.25) is 0 Å². The van der Waals surface area contributed by atoms with Crippen molar-refractivity contribution in [2.75, 3.05) is 14.2 Å². The fourth-order valence-corrected chi connectivity index (χ4v) is 1.13. The summed E-state index contributed by atoms with van der Waals surface area (Å²) in [6.07, 6.45) is 0. The molecule has 4 heteroatoms. The molecule has 0 aliphatic rings. The van der Waals surface area contributed by atoms with Gasteiger partial charge in [-0.15, -0.1) is 0 Å². The van der Waals surface area contributed by atoms with Crippen molar-refractivity contribution in [2.24, 2.45) is 5.11 Å². The van der Waals surface area contributed by atoms with E-state index in [-0.39, 0.29) is 0 Å². The van der Waals surface area contributed by atoms with Crippen molar-refractivity contribution < 1.29 is 9.47 Å². The molecule has 1 rings (SSSR count). The zero-order valence-corrected chi connectivity index (χ0v) is 7.92. The number of nitrogens with zero attached hydrogens (tertiary/aromatic N) is 1. The molecule has 0 aliphatic carbocycles. The monoisotopic (exact) mass is 180 g/mol. The van der Waals surface area contributed by atoms with Crippen LogP contribution >= 0.6 is 0 Å². The third-order valence-electron chi connectivity index (χ3n) is 1.81. The van der Waals surface area contributed by atoms with E-state index in [1.807, 2.05) is 13.0 Å². The van der Waals surface area contributed by atoms with Crippen molar-refractivity contribution in [3.63, 3.8) is 0 Å². The third-order valence-corrected chi connectivity index (χ3v) is 1.81. The van der Waals surface area contributed by atoms with Gasteiger partial charge >= 0.3 is 0 Å². The van der Waals surface area contributed by atoms with Crippen molar-refractivity contribution in [1.29, 1.82) is 5.53 Å². The summed E-state index contributed by atoms with van der Waals surface area (Å²) in [5, 5.41) is 3.39. The minimum atomic E-state index is 0.545. The molecule has 0 fully saturated rings. The summed E-state index contributed by atoms with van der Waals surface area (Å²) in [5.41, 5.74) is 8.37. The molecule has 0 unspecified atom stereocenters. The molecule has 0 saturated heterocycles. The second kappa shape index (κ2) is 3.89. The molecule has 0 atom stereocenters. The lowest BCUT2D eigenvalue weighted by molar-refractivity contribution is 0.394. The molecule has 4 nitrogen and oxygen atoms in total. The Balaban J connectivity index is 3.28. The number of hydrogen-bond donors (Lipinski definition) is 1. The number of aryl methyl sites for hydroxylation is 1. The molecule has 0 radical (unpaired) electrons. The lowest BCUT2D eigenvalue weighted by Crippen LogP contribution is -1.89. The van der Waals surface area contributed by atoms with Crippen molar-refractivity contribution in [2.45, 2.75) is 6.92 Å². The van der Waals surface area contributed by atoms with E-state index in [1.54, 1.807) is 20.3 Å². The fourth-order valence-electron chi connectivity index (χ4n) is 1.13. The molecule has 0 spiro atoms. The number of hydrogen-bond acceptors (Lipinski definition) is 4. The van der Waals surface area contributed by atoms with Gasteiger partial charge in [-0.2, -0.15) is 5.11 Å².